The molecule has 4 fully saturated rings. The van der Waals surface area contributed by atoms with Crippen LogP contribution in [-0.4, -0.2) is 32.8 Å². The van der Waals surface area contributed by atoms with Crippen LogP contribution in [0, 0.1) is 29.6 Å². The number of aliphatic carboxylic acids is 1. The smallest absolute Gasteiger partial charge is 0.496 e. The van der Waals surface area contributed by atoms with E-state index in [9.17, 15) is 19.1 Å². The number of phosphoric acid groups is 1. The summed E-state index contributed by atoms with van der Waals surface area (Å²) >= 11 is 6.84. The lowest BCUT2D eigenvalue weighted by Crippen LogP contribution is -2.48. The lowest BCUT2D eigenvalue weighted by Gasteiger charge is -2.55. The van der Waals surface area contributed by atoms with E-state index in [0.717, 1.165) is 32.1 Å². The highest BCUT2D eigenvalue weighted by Gasteiger charge is 2.53. The molecule has 4 bridgehead atoms. The number of ether oxygens (including phenoxy) is 1. The number of rotatable bonds is 4. The summed E-state index contributed by atoms with van der Waals surface area (Å²) in [6, 6.07) is 4.62. The zero-order valence-electron chi connectivity index (χ0n) is 16.3. The van der Waals surface area contributed by atoms with Crippen LogP contribution in [0.2, 0.25) is 0 Å². The van der Waals surface area contributed by atoms with Gasteiger partial charge < -0.3 is 14.4 Å². The Balaban J connectivity index is 1.78. The van der Waals surface area contributed by atoms with Gasteiger partial charge in [-0.1, -0.05) is 5.92 Å². The van der Waals surface area contributed by atoms with Gasteiger partial charge in [-0.3, -0.25) is 9.79 Å². The number of carboxylic acid groups (broad SMARTS) is 1. The van der Waals surface area contributed by atoms with E-state index in [1.807, 2.05) is 5.92 Å². The van der Waals surface area contributed by atoms with Gasteiger partial charge in [0, 0.05) is 16.4 Å². The first kappa shape index (κ1) is 21.3. The molecule has 2 unspecified atom stereocenters. The summed E-state index contributed by atoms with van der Waals surface area (Å²) in [4.78, 5) is 29.2. The van der Waals surface area contributed by atoms with Gasteiger partial charge in [-0.2, -0.15) is 0 Å². The number of alkyl halides is 1. The molecule has 2 atom stereocenters. The fourth-order valence-corrected chi connectivity index (χ4v) is 6.55. The van der Waals surface area contributed by atoms with Crippen molar-refractivity contribution in [3.8, 4) is 17.6 Å². The van der Waals surface area contributed by atoms with E-state index in [1.54, 1.807) is 13.2 Å². The van der Waals surface area contributed by atoms with E-state index in [0.29, 0.717) is 29.1 Å². The van der Waals surface area contributed by atoms with Gasteiger partial charge in [0.25, 0.3) is 0 Å². The number of halogens is 1. The SMILES string of the molecule is COC(=C1C2CC3CC1CC(Cl)(C3)C2)c1ccc(C#CC(=O)O)c(OP(=O)(O)O)c1. The van der Waals surface area contributed by atoms with E-state index < -0.39 is 13.8 Å². The van der Waals surface area contributed by atoms with Crippen molar-refractivity contribution < 1.29 is 33.5 Å². The second-order valence-electron chi connectivity index (χ2n) is 8.33. The van der Waals surface area contributed by atoms with Gasteiger partial charge in [0.2, 0.25) is 0 Å². The highest BCUT2D eigenvalue weighted by molar-refractivity contribution is 7.46. The summed E-state index contributed by atoms with van der Waals surface area (Å²) < 4.78 is 22.0. The first-order valence-electron chi connectivity index (χ1n) is 9.68. The van der Waals surface area contributed by atoms with Gasteiger partial charge in [0.1, 0.15) is 11.5 Å². The van der Waals surface area contributed by atoms with Gasteiger partial charge in [-0.05, 0) is 73.6 Å². The third kappa shape index (κ3) is 4.24. The van der Waals surface area contributed by atoms with Crippen molar-refractivity contribution in [2.45, 2.75) is 37.0 Å². The monoisotopic (exact) mass is 452 g/mol. The maximum atomic E-state index is 11.4. The Morgan fingerprint density at radius 1 is 1.23 bits per heavy atom. The first-order chi connectivity index (χ1) is 14.1. The lowest BCUT2D eigenvalue weighted by molar-refractivity contribution is -0.130. The van der Waals surface area contributed by atoms with Crippen molar-refractivity contribution >= 4 is 31.2 Å². The standard InChI is InChI=1S/C21H22ClO7P/c1-28-20(19-15-6-12-7-16(19)11-21(22,9-12)10-15)14-3-2-13(4-5-18(23)24)17(8-14)29-30(25,26)27/h2-3,8,12,15-16H,6-7,9-11H2,1H3,(H,23,24)(H2,25,26,27). The van der Waals surface area contributed by atoms with Crippen LogP contribution in [0.5, 0.6) is 5.75 Å². The van der Waals surface area contributed by atoms with Crippen LogP contribution < -0.4 is 4.52 Å². The average Bonchev–Trinajstić information content (AvgIpc) is 2.61. The van der Waals surface area contributed by atoms with Crippen molar-refractivity contribution in [3.63, 3.8) is 0 Å². The van der Waals surface area contributed by atoms with Crippen molar-refractivity contribution in [3.05, 3.63) is 34.9 Å². The predicted octanol–water partition coefficient (Wildman–Crippen LogP) is 3.77. The average molecular weight is 453 g/mol. The van der Waals surface area contributed by atoms with E-state index >= 15 is 0 Å². The molecule has 0 saturated heterocycles. The van der Waals surface area contributed by atoms with Crippen LogP contribution in [0.3, 0.4) is 0 Å². The fourth-order valence-electron chi connectivity index (χ4n) is 5.56. The first-order valence-corrected chi connectivity index (χ1v) is 11.6. The molecule has 1 aromatic rings. The Labute approximate surface area is 179 Å². The van der Waals surface area contributed by atoms with Gasteiger partial charge in [0.05, 0.1) is 12.7 Å². The molecule has 0 aromatic heterocycles. The minimum absolute atomic E-state index is 0.0646. The van der Waals surface area contributed by atoms with E-state index in [-0.39, 0.29) is 16.2 Å². The maximum absolute atomic E-state index is 11.4. The predicted molar refractivity (Wildman–Crippen MR) is 110 cm³/mol. The highest BCUT2D eigenvalue weighted by Crippen LogP contribution is 2.61. The fraction of sp³-hybridized carbons (Fsp3) is 0.476. The summed E-state index contributed by atoms with van der Waals surface area (Å²) in [5.74, 6) is 4.68. The van der Waals surface area contributed by atoms with Crippen LogP contribution >= 0.6 is 19.4 Å². The number of hydrogen-bond acceptors (Lipinski definition) is 4. The molecule has 4 aliphatic rings. The van der Waals surface area contributed by atoms with Gasteiger partial charge in [-0.15, -0.1) is 11.6 Å². The number of hydrogen-bond donors (Lipinski definition) is 3. The van der Waals surface area contributed by atoms with Crippen LogP contribution in [-0.2, 0) is 14.1 Å². The number of carboxylic acids is 1. The van der Waals surface area contributed by atoms with Crippen LogP contribution in [0.4, 0.5) is 0 Å². The molecule has 4 aliphatic carbocycles. The number of phosphoric ester groups is 1. The van der Waals surface area contributed by atoms with Gasteiger partial charge >= 0.3 is 13.8 Å². The molecular weight excluding hydrogens is 431 g/mol. The van der Waals surface area contributed by atoms with Crippen LogP contribution in [0.1, 0.15) is 43.2 Å². The Bertz CT molecular complexity index is 1010. The van der Waals surface area contributed by atoms with Gasteiger partial charge in [-0.25, -0.2) is 9.36 Å². The molecule has 0 aliphatic heterocycles. The largest absolute Gasteiger partial charge is 0.524 e. The van der Waals surface area contributed by atoms with Gasteiger partial charge in [0.15, 0.2) is 0 Å². The Hall–Kier alpha value is -1.97. The molecule has 0 heterocycles. The second kappa shape index (κ2) is 7.62. The normalized spacial score (nSPS) is 29.2. The quantitative estimate of drug-likeness (QED) is 0.276. The van der Waals surface area contributed by atoms with Crippen LogP contribution in [0.25, 0.3) is 5.76 Å². The Kier molecular flexibility index (Phi) is 5.40. The van der Waals surface area contributed by atoms with Crippen LogP contribution in [0.15, 0.2) is 23.8 Å². The van der Waals surface area contributed by atoms with Crippen molar-refractivity contribution in [1.29, 1.82) is 0 Å². The number of methoxy groups -OCH3 is 1. The van der Waals surface area contributed by atoms with E-state index in [1.165, 1.54) is 17.7 Å². The Morgan fingerprint density at radius 3 is 2.43 bits per heavy atom. The molecule has 0 amide bonds. The summed E-state index contributed by atoms with van der Waals surface area (Å²) in [5.41, 5.74) is 1.87. The summed E-state index contributed by atoms with van der Waals surface area (Å²) in [7, 11) is -3.30. The molecule has 0 spiro atoms. The molecule has 30 heavy (non-hydrogen) atoms. The minimum atomic E-state index is -4.87. The number of allylic oxidation sites excluding steroid dienone is 1. The van der Waals surface area contributed by atoms with Crippen molar-refractivity contribution in [1.82, 2.24) is 0 Å². The maximum Gasteiger partial charge on any atom is 0.524 e. The van der Waals surface area contributed by atoms with Crippen molar-refractivity contribution in [2.75, 3.05) is 7.11 Å². The lowest BCUT2D eigenvalue weighted by atomic mass is 9.53. The number of benzene rings is 1. The molecule has 5 rings (SSSR count). The summed E-state index contributed by atoms with van der Waals surface area (Å²) in [6.07, 6.45) is 5.01. The molecule has 3 N–H and O–H groups in total. The van der Waals surface area contributed by atoms with E-state index in [2.05, 4.69) is 5.92 Å². The molecule has 1 aromatic carbocycles. The molecule has 7 nitrogen and oxygen atoms in total. The molecule has 4 saturated carbocycles. The topological polar surface area (TPSA) is 113 Å². The van der Waals surface area contributed by atoms with E-state index in [4.69, 9.17) is 26.0 Å². The summed E-state index contributed by atoms with van der Waals surface area (Å²) in [6.45, 7) is 0. The molecular formula is C21H22ClO7P. The minimum Gasteiger partial charge on any atom is -0.496 e. The Morgan fingerprint density at radius 2 is 1.90 bits per heavy atom. The zero-order chi connectivity index (χ0) is 21.7. The molecule has 9 heteroatoms. The highest BCUT2D eigenvalue weighted by atomic mass is 35.5. The summed E-state index contributed by atoms with van der Waals surface area (Å²) in [5, 5.41) is 8.78. The third-order valence-corrected chi connectivity index (χ3v) is 7.12. The zero-order valence-corrected chi connectivity index (χ0v) is 17.9. The van der Waals surface area contributed by atoms with Crippen molar-refractivity contribution in [2.24, 2.45) is 17.8 Å². The second-order valence-corrected chi connectivity index (χ2v) is 10.3. The number of carbonyl (C=O) groups is 1. The third-order valence-electron chi connectivity index (χ3n) is 6.23. The molecule has 0 radical (unpaired) electrons. The molecule has 160 valence electrons.